The minimum absolute atomic E-state index is 0.957. The summed E-state index contributed by atoms with van der Waals surface area (Å²) in [5, 5.41) is 5.08. The summed E-state index contributed by atoms with van der Waals surface area (Å²) in [4.78, 5) is 2.43. The molecule has 258 valence electrons. The lowest BCUT2D eigenvalue weighted by Gasteiger charge is -2.28. The van der Waals surface area contributed by atoms with Crippen molar-refractivity contribution in [1.82, 2.24) is 4.57 Å². The van der Waals surface area contributed by atoms with Crippen molar-refractivity contribution in [2.24, 2.45) is 0 Å². The molecule has 0 fully saturated rings. The van der Waals surface area contributed by atoms with E-state index in [1.54, 1.807) is 0 Å². The number of aromatic nitrogens is 1. The Labute approximate surface area is 320 Å². The maximum atomic E-state index is 2.43. The summed E-state index contributed by atoms with van der Waals surface area (Å²) in [7, 11) is 0. The molecule has 11 rings (SSSR count). The summed E-state index contributed by atoms with van der Waals surface area (Å²) in [6.07, 6.45) is 0.957. The molecule has 0 spiro atoms. The number of nitrogens with zero attached hydrogens (tertiary/aromatic N) is 2. The first kappa shape index (κ1) is 31.4. The Morgan fingerprint density at radius 1 is 0.364 bits per heavy atom. The van der Waals surface area contributed by atoms with Gasteiger partial charge >= 0.3 is 0 Å². The Hall–Kier alpha value is -7.16. The molecule has 1 aromatic heterocycles. The van der Waals surface area contributed by atoms with Crippen LogP contribution in [0.25, 0.3) is 71.6 Å². The van der Waals surface area contributed by atoms with E-state index in [1.807, 2.05) is 0 Å². The fraction of sp³-hybridized carbons (Fsp3) is 0.0189. The van der Waals surface area contributed by atoms with Crippen LogP contribution in [0.5, 0.6) is 0 Å². The lowest BCUT2D eigenvalue weighted by atomic mass is 9.97. The Morgan fingerprint density at radius 2 is 1.02 bits per heavy atom. The SMILES string of the molecule is c1ccc(-c2cccc(N(c3ccc(-c4ccc5c(c4)c4ccccc4n5-c4ccccc4)cc3)c3cccc4c5c(ccc34)-c3ccccc3C5)c2)cc1. The smallest absolute Gasteiger partial charge is 0.0541 e. The number of fused-ring (bicyclic) bond motifs is 8. The topological polar surface area (TPSA) is 8.17 Å². The third-order valence-electron chi connectivity index (χ3n) is 11.4. The maximum Gasteiger partial charge on any atom is 0.0541 e. The highest BCUT2D eigenvalue weighted by Crippen LogP contribution is 2.46. The van der Waals surface area contributed by atoms with Crippen molar-refractivity contribution in [2.75, 3.05) is 4.90 Å². The van der Waals surface area contributed by atoms with E-state index in [0.717, 1.165) is 17.8 Å². The van der Waals surface area contributed by atoms with E-state index in [0.29, 0.717) is 0 Å². The van der Waals surface area contributed by atoms with Gasteiger partial charge in [0.1, 0.15) is 0 Å². The van der Waals surface area contributed by atoms with Crippen LogP contribution in [0.15, 0.2) is 206 Å². The van der Waals surface area contributed by atoms with Gasteiger partial charge in [0.15, 0.2) is 0 Å². The van der Waals surface area contributed by atoms with E-state index < -0.39 is 0 Å². The van der Waals surface area contributed by atoms with E-state index in [2.05, 4.69) is 216 Å². The maximum absolute atomic E-state index is 2.43. The Kier molecular flexibility index (Phi) is 7.28. The summed E-state index contributed by atoms with van der Waals surface area (Å²) in [5.41, 5.74) is 17.3. The molecule has 0 bridgehead atoms. The Morgan fingerprint density at radius 3 is 1.89 bits per heavy atom. The first-order chi connectivity index (χ1) is 27.3. The van der Waals surface area contributed by atoms with Gasteiger partial charge in [0.05, 0.1) is 16.7 Å². The summed E-state index contributed by atoms with van der Waals surface area (Å²) >= 11 is 0. The molecule has 0 aliphatic heterocycles. The van der Waals surface area contributed by atoms with Crippen LogP contribution < -0.4 is 4.90 Å². The van der Waals surface area contributed by atoms with E-state index in [9.17, 15) is 0 Å². The van der Waals surface area contributed by atoms with Gasteiger partial charge in [0, 0.05) is 33.2 Å². The van der Waals surface area contributed by atoms with Crippen LogP contribution in [-0.2, 0) is 6.42 Å². The van der Waals surface area contributed by atoms with E-state index in [-0.39, 0.29) is 0 Å². The molecule has 9 aromatic carbocycles. The standard InChI is InChI=1S/C53H36N2/c1-3-13-36(14-4-1)38-16-11-19-43(33-38)54(51-24-12-22-45-48(51)31-30-46-44-20-8-7-15-40(44)35-49(45)46)42-28-25-37(26-29-42)39-27-32-53-50(34-39)47-21-9-10-23-52(47)55(53)41-17-5-2-6-18-41/h1-34H,35H2. The monoisotopic (exact) mass is 700 g/mol. The van der Waals surface area contributed by atoms with E-state index >= 15 is 0 Å². The normalized spacial score (nSPS) is 11.9. The van der Waals surface area contributed by atoms with Crippen molar-refractivity contribution < 1.29 is 0 Å². The van der Waals surface area contributed by atoms with E-state index in [1.165, 1.54) is 88.5 Å². The molecule has 0 unspecified atom stereocenters. The first-order valence-corrected chi connectivity index (χ1v) is 19.1. The molecule has 2 nitrogen and oxygen atoms in total. The molecule has 0 amide bonds. The number of para-hydroxylation sites is 2. The van der Waals surface area contributed by atoms with Gasteiger partial charge in [-0.1, -0.05) is 146 Å². The minimum Gasteiger partial charge on any atom is -0.310 e. The second kappa shape index (κ2) is 12.8. The minimum atomic E-state index is 0.957. The molecule has 0 radical (unpaired) electrons. The third kappa shape index (κ3) is 5.18. The molecule has 1 aliphatic rings. The summed E-state index contributed by atoms with van der Waals surface area (Å²) in [6.45, 7) is 0. The van der Waals surface area contributed by atoms with Crippen LogP contribution in [0.3, 0.4) is 0 Å². The first-order valence-electron chi connectivity index (χ1n) is 19.1. The van der Waals surface area contributed by atoms with Gasteiger partial charge in [0.2, 0.25) is 0 Å². The van der Waals surface area contributed by atoms with Crippen LogP contribution >= 0.6 is 0 Å². The highest BCUT2D eigenvalue weighted by Gasteiger charge is 2.23. The summed E-state index contributed by atoms with van der Waals surface area (Å²) in [5.74, 6) is 0. The molecule has 2 heteroatoms. The lowest BCUT2D eigenvalue weighted by Crippen LogP contribution is -2.10. The fourth-order valence-corrected chi connectivity index (χ4v) is 8.86. The summed E-state index contributed by atoms with van der Waals surface area (Å²) in [6, 6.07) is 75.3. The van der Waals surface area contributed by atoms with Crippen molar-refractivity contribution >= 4 is 49.6 Å². The fourth-order valence-electron chi connectivity index (χ4n) is 8.86. The molecule has 1 aliphatic carbocycles. The molecular formula is C53H36N2. The van der Waals surface area contributed by atoms with Gasteiger partial charge in [0.25, 0.3) is 0 Å². The molecule has 0 N–H and O–H groups in total. The Balaban J connectivity index is 1.05. The number of rotatable bonds is 6. The van der Waals surface area contributed by atoms with Gasteiger partial charge in [-0.2, -0.15) is 0 Å². The van der Waals surface area contributed by atoms with E-state index in [4.69, 9.17) is 0 Å². The molecule has 0 saturated carbocycles. The molecule has 0 saturated heterocycles. The average Bonchev–Trinajstić information content (AvgIpc) is 3.81. The van der Waals surface area contributed by atoms with Gasteiger partial charge in [-0.15, -0.1) is 0 Å². The van der Waals surface area contributed by atoms with Gasteiger partial charge in [-0.05, 0) is 117 Å². The number of hydrogen-bond acceptors (Lipinski definition) is 1. The molecule has 0 atom stereocenters. The highest BCUT2D eigenvalue weighted by molar-refractivity contribution is 6.10. The van der Waals surface area contributed by atoms with Crippen molar-refractivity contribution in [3.8, 4) is 39.1 Å². The zero-order valence-corrected chi connectivity index (χ0v) is 30.2. The van der Waals surface area contributed by atoms with Gasteiger partial charge in [-0.25, -0.2) is 0 Å². The van der Waals surface area contributed by atoms with Crippen LogP contribution in [0.2, 0.25) is 0 Å². The largest absolute Gasteiger partial charge is 0.310 e. The lowest BCUT2D eigenvalue weighted by molar-refractivity contribution is 1.18. The second-order valence-corrected chi connectivity index (χ2v) is 14.5. The van der Waals surface area contributed by atoms with Crippen LogP contribution in [0.1, 0.15) is 11.1 Å². The van der Waals surface area contributed by atoms with Crippen molar-refractivity contribution in [1.29, 1.82) is 0 Å². The molecule has 10 aromatic rings. The van der Waals surface area contributed by atoms with Crippen LogP contribution in [-0.4, -0.2) is 4.57 Å². The zero-order chi connectivity index (χ0) is 36.3. The quantitative estimate of drug-likeness (QED) is 0.168. The van der Waals surface area contributed by atoms with Crippen LogP contribution in [0.4, 0.5) is 17.1 Å². The predicted octanol–water partition coefficient (Wildman–Crippen LogP) is 14.3. The third-order valence-corrected chi connectivity index (χ3v) is 11.4. The number of hydrogen-bond donors (Lipinski definition) is 0. The average molecular weight is 701 g/mol. The van der Waals surface area contributed by atoms with Crippen molar-refractivity contribution in [3.63, 3.8) is 0 Å². The van der Waals surface area contributed by atoms with Gasteiger partial charge in [-0.3, -0.25) is 0 Å². The van der Waals surface area contributed by atoms with Crippen molar-refractivity contribution in [2.45, 2.75) is 6.42 Å². The predicted molar refractivity (Wildman–Crippen MR) is 232 cm³/mol. The number of benzene rings is 9. The number of anilines is 3. The second-order valence-electron chi connectivity index (χ2n) is 14.5. The Bertz CT molecular complexity index is 3050. The van der Waals surface area contributed by atoms with Crippen molar-refractivity contribution in [3.05, 3.63) is 217 Å². The zero-order valence-electron chi connectivity index (χ0n) is 30.2. The molecular weight excluding hydrogens is 665 g/mol. The molecule has 1 heterocycles. The highest BCUT2D eigenvalue weighted by atomic mass is 15.1. The summed E-state index contributed by atoms with van der Waals surface area (Å²) < 4.78 is 2.37. The van der Waals surface area contributed by atoms with Gasteiger partial charge < -0.3 is 9.47 Å². The molecule has 55 heavy (non-hydrogen) atoms. The van der Waals surface area contributed by atoms with Crippen LogP contribution in [0, 0.1) is 0 Å².